The lowest BCUT2D eigenvalue weighted by molar-refractivity contribution is -0.147. The predicted octanol–water partition coefficient (Wildman–Crippen LogP) is 1.92. The maximum atomic E-state index is 12.2. The molecule has 0 bridgehead atoms. The number of likely N-dealkylation sites (tertiary alicyclic amines) is 1. The first-order chi connectivity index (χ1) is 9.04. The zero-order valence-electron chi connectivity index (χ0n) is 11.4. The average molecular weight is 286 g/mol. The molecule has 2 N–H and O–H groups in total. The van der Waals surface area contributed by atoms with E-state index in [-0.39, 0.29) is 6.03 Å². The highest BCUT2D eigenvalue weighted by atomic mass is 32.2. The number of carbonyl (C=O) groups excluding carboxylic acids is 1. The molecule has 0 saturated carbocycles. The van der Waals surface area contributed by atoms with E-state index in [0.29, 0.717) is 24.8 Å². The molecular formula is C13H22N2O3S. The molecule has 0 aromatic heterocycles. The van der Waals surface area contributed by atoms with Crippen LogP contribution in [-0.2, 0) is 4.79 Å². The second kappa shape index (κ2) is 6.03. The van der Waals surface area contributed by atoms with Crippen molar-refractivity contribution in [1.82, 2.24) is 10.2 Å². The van der Waals surface area contributed by atoms with Crippen LogP contribution in [0.15, 0.2) is 0 Å². The minimum Gasteiger partial charge on any atom is -0.480 e. The van der Waals surface area contributed by atoms with Crippen LogP contribution >= 0.6 is 11.8 Å². The number of carboxylic acids is 1. The maximum absolute atomic E-state index is 12.2. The highest BCUT2D eigenvalue weighted by Crippen LogP contribution is 2.29. The highest BCUT2D eigenvalue weighted by molar-refractivity contribution is 7.99. The summed E-state index contributed by atoms with van der Waals surface area (Å²) in [5.74, 6) is 0.254. The molecule has 0 aliphatic carbocycles. The molecule has 2 aliphatic rings. The van der Waals surface area contributed by atoms with Gasteiger partial charge in [0.05, 0.1) is 0 Å². The Labute approximate surface area is 118 Å². The summed E-state index contributed by atoms with van der Waals surface area (Å²) in [7, 11) is 0. The molecule has 108 valence electrons. The first-order valence-electron chi connectivity index (χ1n) is 6.94. The van der Waals surface area contributed by atoms with Gasteiger partial charge in [-0.05, 0) is 38.4 Å². The third-order valence-corrected chi connectivity index (χ3v) is 5.50. The van der Waals surface area contributed by atoms with E-state index in [1.807, 2.05) is 11.8 Å². The molecule has 0 spiro atoms. The number of hydrogen-bond acceptors (Lipinski definition) is 3. The fraction of sp³-hybridized carbons (Fsp3) is 0.846. The summed E-state index contributed by atoms with van der Waals surface area (Å²) in [5.41, 5.74) is -1.04. The van der Waals surface area contributed by atoms with Gasteiger partial charge in [-0.15, -0.1) is 0 Å². The first-order valence-corrected chi connectivity index (χ1v) is 7.99. The van der Waals surface area contributed by atoms with Crippen molar-refractivity contribution in [2.24, 2.45) is 0 Å². The van der Waals surface area contributed by atoms with Crippen LogP contribution in [0.25, 0.3) is 0 Å². The molecule has 5 nitrogen and oxygen atoms in total. The average Bonchev–Trinajstić information content (AvgIpc) is 2.81. The fourth-order valence-corrected chi connectivity index (χ4v) is 4.01. The van der Waals surface area contributed by atoms with Crippen molar-refractivity contribution in [2.75, 3.05) is 18.8 Å². The smallest absolute Gasteiger partial charge is 0.329 e. The van der Waals surface area contributed by atoms with Gasteiger partial charge in [0.1, 0.15) is 5.54 Å². The fourth-order valence-electron chi connectivity index (χ4n) is 2.78. The largest absolute Gasteiger partial charge is 0.480 e. The molecule has 2 atom stereocenters. The van der Waals surface area contributed by atoms with Crippen LogP contribution in [0.3, 0.4) is 0 Å². The summed E-state index contributed by atoms with van der Waals surface area (Å²) in [6.45, 7) is 2.82. The molecule has 6 heteroatoms. The number of thioether (sulfide) groups is 1. The van der Waals surface area contributed by atoms with Gasteiger partial charge < -0.3 is 15.3 Å². The Balaban J connectivity index is 1.87. The number of rotatable bonds is 3. The van der Waals surface area contributed by atoms with E-state index < -0.39 is 11.5 Å². The number of urea groups is 1. The molecule has 2 amide bonds. The number of nitrogens with zero attached hydrogens (tertiary/aromatic N) is 1. The maximum Gasteiger partial charge on any atom is 0.329 e. The Morgan fingerprint density at radius 1 is 1.42 bits per heavy atom. The van der Waals surface area contributed by atoms with Gasteiger partial charge in [0.2, 0.25) is 0 Å². The van der Waals surface area contributed by atoms with E-state index in [1.54, 1.807) is 6.92 Å². The molecule has 2 heterocycles. The number of carboxylic acid groups (broad SMARTS) is 1. The Morgan fingerprint density at radius 3 is 2.84 bits per heavy atom. The zero-order chi connectivity index (χ0) is 13.9. The van der Waals surface area contributed by atoms with Gasteiger partial charge in [-0.2, -0.15) is 11.8 Å². The molecule has 2 unspecified atom stereocenters. The molecule has 0 radical (unpaired) electrons. The van der Waals surface area contributed by atoms with Gasteiger partial charge in [0.25, 0.3) is 0 Å². The summed E-state index contributed by atoms with van der Waals surface area (Å²) in [5, 5.41) is 12.7. The lowest BCUT2D eigenvalue weighted by Crippen LogP contribution is -2.54. The van der Waals surface area contributed by atoms with Gasteiger partial charge in [-0.25, -0.2) is 9.59 Å². The molecule has 19 heavy (non-hydrogen) atoms. The van der Waals surface area contributed by atoms with Crippen LogP contribution in [0.2, 0.25) is 0 Å². The molecule has 0 aromatic carbocycles. The van der Waals surface area contributed by atoms with E-state index >= 15 is 0 Å². The Bertz CT molecular complexity index is 358. The van der Waals surface area contributed by atoms with Crippen molar-refractivity contribution in [1.29, 1.82) is 0 Å². The molecule has 2 saturated heterocycles. The summed E-state index contributed by atoms with van der Waals surface area (Å²) >= 11 is 1.90. The number of carbonyl (C=O) groups is 2. The standard InChI is InChI=1S/C13H22N2O3S/c1-13(11(16)17)6-4-7-15(13)12(18)14-9-10-5-2-3-8-19-10/h10H,2-9H2,1H3,(H,14,18)(H,16,17). The van der Waals surface area contributed by atoms with Crippen molar-refractivity contribution in [2.45, 2.75) is 49.8 Å². The Morgan fingerprint density at radius 2 is 2.21 bits per heavy atom. The van der Waals surface area contributed by atoms with Crippen molar-refractivity contribution >= 4 is 23.8 Å². The van der Waals surface area contributed by atoms with E-state index in [1.165, 1.54) is 17.7 Å². The first kappa shape index (κ1) is 14.5. The Hall–Kier alpha value is -0.910. The van der Waals surface area contributed by atoms with E-state index in [2.05, 4.69) is 5.32 Å². The predicted molar refractivity (Wildman–Crippen MR) is 75.5 cm³/mol. The molecule has 0 aromatic rings. The van der Waals surface area contributed by atoms with E-state index in [0.717, 1.165) is 18.6 Å². The molecule has 2 fully saturated rings. The summed E-state index contributed by atoms with van der Waals surface area (Å²) in [6.07, 6.45) is 4.92. The summed E-state index contributed by atoms with van der Waals surface area (Å²) in [6, 6.07) is -0.228. The van der Waals surface area contributed by atoms with Crippen molar-refractivity contribution in [3.05, 3.63) is 0 Å². The van der Waals surface area contributed by atoms with Crippen LogP contribution in [0.5, 0.6) is 0 Å². The normalized spacial score (nSPS) is 31.2. The van der Waals surface area contributed by atoms with Crippen LogP contribution in [0.4, 0.5) is 4.79 Å². The minimum atomic E-state index is -1.04. The van der Waals surface area contributed by atoms with Gasteiger partial charge in [0, 0.05) is 18.3 Å². The van der Waals surface area contributed by atoms with Gasteiger partial charge in [-0.1, -0.05) is 6.42 Å². The highest BCUT2D eigenvalue weighted by Gasteiger charge is 2.45. The number of hydrogen-bond donors (Lipinski definition) is 2. The number of aliphatic carboxylic acids is 1. The van der Waals surface area contributed by atoms with Crippen molar-refractivity contribution in [3.8, 4) is 0 Å². The van der Waals surface area contributed by atoms with Crippen LogP contribution in [0.1, 0.15) is 39.0 Å². The second-order valence-electron chi connectivity index (χ2n) is 5.51. The SMILES string of the molecule is CC1(C(=O)O)CCCN1C(=O)NCC1CCCCS1. The summed E-state index contributed by atoms with van der Waals surface area (Å²) in [4.78, 5) is 24.9. The number of nitrogens with one attached hydrogen (secondary N) is 1. The van der Waals surface area contributed by atoms with Crippen molar-refractivity contribution in [3.63, 3.8) is 0 Å². The Kier molecular flexibility index (Phi) is 4.60. The van der Waals surface area contributed by atoms with Gasteiger partial charge in [-0.3, -0.25) is 0 Å². The van der Waals surface area contributed by atoms with E-state index in [4.69, 9.17) is 0 Å². The third kappa shape index (κ3) is 3.16. The lowest BCUT2D eigenvalue weighted by Gasteiger charge is -2.32. The van der Waals surface area contributed by atoms with E-state index in [9.17, 15) is 14.7 Å². The van der Waals surface area contributed by atoms with Crippen LogP contribution < -0.4 is 5.32 Å². The van der Waals surface area contributed by atoms with Crippen molar-refractivity contribution < 1.29 is 14.7 Å². The van der Waals surface area contributed by atoms with Crippen LogP contribution in [0, 0.1) is 0 Å². The number of amides is 2. The quantitative estimate of drug-likeness (QED) is 0.831. The topological polar surface area (TPSA) is 69.6 Å². The molecule has 2 aliphatic heterocycles. The monoisotopic (exact) mass is 286 g/mol. The molecule has 2 rings (SSSR count). The summed E-state index contributed by atoms with van der Waals surface area (Å²) < 4.78 is 0. The minimum absolute atomic E-state index is 0.228. The lowest BCUT2D eigenvalue weighted by atomic mass is 10.00. The third-order valence-electron chi connectivity index (χ3n) is 4.10. The zero-order valence-corrected chi connectivity index (χ0v) is 12.2. The van der Waals surface area contributed by atoms with Gasteiger partial charge in [0.15, 0.2) is 0 Å². The second-order valence-corrected chi connectivity index (χ2v) is 6.92. The molecular weight excluding hydrogens is 264 g/mol. The van der Waals surface area contributed by atoms with Gasteiger partial charge >= 0.3 is 12.0 Å². The van der Waals surface area contributed by atoms with Crippen LogP contribution in [-0.4, -0.2) is 51.6 Å².